The third kappa shape index (κ3) is 5.93. The number of aryl methyl sites for hydroxylation is 2. The van der Waals surface area contributed by atoms with Gasteiger partial charge in [0.05, 0.1) is 10.6 Å². The van der Waals surface area contributed by atoms with Gasteiger partial charge in [-0.15, -0.1) is 16.8 Å². The van der Waals surface area contributed by atoms with Gasteiger partial charge in [0.25, 0.3) is 10.0 Å². The first-order valence-corrected chi connectivity index (χ1v) is 12.6. The lowest BCUT2D eigenvalue weighted by molar-refractivity contribution is -0.114. The lowest BCUT2D eigenvalue weighted by Crippen LogP contribution is -2.38. The van der Waals surface area contributed by atoms with Gasteiger partial charge in [-0.05, 0) is 43.7 Å². The summed E-state index contributed by atoms with van der Waals surface area (Å²) in [4.78, 5) is 12.9. The number of thioether (sulfide) groups is 1. The molecule has 162 valence electrons. The Labute approximate surface area is 190 Å². The van der Waals surface area contributed by atoms with Gasteiger partial charge < -0.3 is 0 Å². The molecule has 0 aliphatic heterocycles. The highest BCUT2D eigenvalue weighted by Crippen LogP contribution is 2.27. The molecule has 0 bridgehead atoms. The molecule has 0 spiro atoms. The second-order valence-electron chi connectivity index (χ2n) is 6.68. The largest absolute Gasteiger partial charge is 0.299 e. The van der Waals surface area contributed by atoms with E-state index >= 15 is 0 Å². The Morgan fingerprint density at radius 2 is 1.90 bits per heavy atom. The summed E-state index contributed by atoms with van der Waals surface area (Å²) in [7, 11) is -3.96. The predicted molar refractivity (Wildman–Crippen MR) is 126 cm³/mol. The molecule has 0 fully saturated rings. The maximum Gasteiger partial charge on any atom is 0.264 e. The smallest absolute Gasteiger partial charge is 0.264 e. The summed E-state index contributed by atoms with van der Waals surface area (Å²) in [5, 5.41) is 10.9. The number of benzene rings is 2. The van der Waals surface area contributed by atoms with Crippen LogP contribution >= 0.6 is 23.1 Å². The summed E-state index contributed by atoms with van der Waals surface area (Å²) in [6.07, 6.45) is 1.75. The van der Waals surface area contributed by atoms with E-state index in [1.54, 1.807) is 48.5 Å². The van der Waals surface area contributed by atoms with Crippen LogP contribution in [0.4, 0.5) is 10.8 Å². The van der Waals surface area contributed by atoms with Crippen LogP contribution < -0.4 is 9.62 Å². The number of carbonyl (C=O) groups excluding carboxylic acids is 1. The minimum Gasteiger partial charge on any atom is -0.299 e. The Kier molecular flexibility index (Phi) is 7.47. The van der Waals surface area contributed by atoms with Crippen molar-refractivity contribution in [2.75, 3.05) is 21.9 Å². The highest BCUT2D eigenvalue weighted by Gasteiger charge is 2.27. The van der Waals surface area contributed by atoms with Gasteiger partial charge in [0.2, 0.25) is 11.0 Å². The van der Waals surface area contributed by atoms with Crippen LogP contribution in [0.2, 0.25) is 0 Å². The SMILES string of the molecule is C=CCSc1nnc(NC(=O)CN(c2cccc(C)c2)S(=O)(=O)c2ccc(C)cc2)s1. The van der Waals surface area contributed by atoms with Gasteiger partial charge in [-0.3, -0.25) is 14.4 Å². The van der Waals surface area contributed by atoms with E-state index in [0.29, 0.717) is 20.9 Å². The highest BCUT2D eigenvalue weighted by molar-refractivity contribution is 8.01. The Morgan fingerprint density at radius 1 is 1.16 bits per heavy atom. The molecular formula is C21H22N4O3S3. The van der Waals surface area contributed by atoms with Gasteiger partial charge in [-0.1, -0.05) is 59.0 Å². The number of carbonyl (C=O) groups is 1. The number of aromatic nitrogens is 2. The molecule has 7 nitrogen and oxygen atoms in total. The van der Waals surface area contributed by atoms with Crippen LogP contribution in [0.15, 0.2) is 70.4 Å². The number of rotatable bonds is 9. The van der Waals surface area contributed by atoms with Crippen molar-refractivity contribution < 1.29 is 13.2 Å². The highest BCUT2D eigenvalue weighted by atomic mass is 32.2. The number of amides is 1. The van der Waals surface area contributed by atoms with Crippen molar-refractivity contribution >= 4 is 49.8 Å². The maximum absolute atomic E-state index is 13.4. The van der Waals surface area contributed by atoms with E-state index in [9.17, 15) is 13.2 Å². The Bertz CT molecular complexity index is 1170. The number of nitrogens with zero attached hydrogens (tertiary/aromatic N) is 3. The summed E-state index contributed by atoms with van der Waals surface area (Å²) in [5.74, 6) is 0.173. The summed E-state index contributed by atoms with van der Waals surface area (Å²) in [6, 6.07) is 13.6. The molecule has 0 unspecified atom stereocenters. The Morgan fingerprint density at radius 3 is 2.58 bits per heavy atom. The van der Waals surface area contributed by atoms with Crippen LogP contribution in [0.5, 0.6) is 0 Å². The lowest BCUT2D eigenvalue weighted by Gasteiger charge is -2.24. The molecular weight excluding hydrogens is 452 g/mol. The average molecular weight is 475 g/mol. The molecule has 1 N–H and O–H groups in total. The number of hydrogen-bond donors (Lipinski definition) is 1. The summed E-state index contributed by atoms with van der Waals surface area (Å²) < 4.78 is 28.5. The molecule has 0 saturated heterocycles. The molecule has 1 heterocycles. The first-order valence-electron chi connectivity index (χ1n) is 9.33. The van der Waals surface area contributed by atoms with E-state index in [-0.39, 0.29) is 4.90 Å². The van der Waals surface area contributed by atoms with Gasteiger partial charge in [0.1, 0.15) is 6.54 Å². The Balaban J connectivity index is 1.86. The monoisotopic (exact) mass is 474 g/mol. The molecule has 2 aromatic carbocycles. The Hall–Kier alpha value is -2.69. The van der Waals surface area contributed by atoms with Crippen LogP contribution in [0.1, 0.15) is 11.1 Å². The zero-order valence-electron chi connectivity index (χ0n) is 17.1. The number of hydrogen-bond acceptors (Lipinski definition) is 7. The van der Waals surface area contributed by atoms with Crippen molar-refractivity contribution in [3.8, 4) is 0 Å². The van der Waals surface area contributed by atoms with E-state index < -0.39 is 22.5 Å². The molecule has 0 aliphatic carbocycles. The summed E-state index contributed by atoms with van der Waals surface area (Å²) >= 11 is 2.68. The zero-order chi connectivity index (χ0) is 22.4. The summed E-state index contributed by atoms with van der Waals surface area (Å²) in [5.41, 5.74) is 2.24. The standard InChI is InChI=1S/C21H22N4O3S3/c1-4-12-29-21-24-23-20(30-21)22-19(26)14-25(17-7-5-6-16(3)13-17)31(27,28)18-10-8-15(2)9-11-18/h4-11,13H,1,12,14H2,2-3H3,(H,22,23,26). The fourth-order valence-corrected chi connectivity index (χ4v) is 5.62. The lowest BCUT2D eigenvalue weighted by atomic mass is 10.2. The molecule has 3 rings (SSSR count). The van der Waals surface area contributed by atoms with Crippen LogP contribution in [0.3, 0.4) is 0 Å². The van der Waals surface area contributed by atoms with Gasteiger partial charge in [0.15, 0.2) is 4.34 Å². The third-order valence-electron chi connectivity index (χ3n) is 4.16. The average Bonchev–Trinajstić information content (AvgIpc) is 3.17. The van der Waals surface area contributed by atoms with E-state index in [1.807, 2.05) is 19.9 Å². The molecule has 0 aliphatic rings. The normalized spacial score (nSPS) is 11.2. The zero-order valence-corrected chi connectivity index (χ0v) is 19.6. The molecule has 0 atom stereocenters. The number of nitrogens with one attached hydrogen (secondary N) is 1. The second kappa shape index (κ2) is 10.1. The molecule has 10 heteroatoms. The topological polar surface area (TPSA) is 92.3 Å². The quantitative estimate of drug-likeness (QED) is 0.283. The molecule has 1 amide bonds. The molecule has 3 aromatic rings. The van der Waals surface area contributed by atoms with Crippen molar-refractivity contribution in [1.82, 2.24) is 10.2 Å². The van der Waals surface area contributed by atoms with E-state index in [4.69, 9.17) is 0 Å². The van der Waals surface area contributed by atoms with Crippen LogP contribution in [-0.2, 0) is 14.8 Å². The van der Waals surface area contributed by atoms with Gasteiger partial charge in [-0.2, -0.15) is 0 Å². The van der Waals surface area contributed by atoms with Crippen molar-refractivity contribution in [3.63, 3.8) is 0 Å². The van der Waals surface area contributed by atoms with Crippen molar-refractivity contribution in [2.45, 2.75) is 23.1 Å². The van der Waals surface area contributed by atoms with Crippen LogP contribution in [0.25, 0.3) is 0 Å². The first-order chi connectivity index (χ1) is 14.8. The predicted octanol–water partition coefficient (Wildman–Crippen LogP) is 4.27. The van der Waals surface area contributed by atoms with E-state index in [1.165, 1.54) is 23.1 Å². The van der Waals surface area contributed by atoms with Crippen molar-refractivity contribution in [2.24, 2.45) is 0 Å². The van der Waals surface area contributed by atoms with Crippen LogP contribution in [-0.4, -0.2) is 36.8 Å². The molecule has 0 radical (unpaired) electrons. The maximum atomic E-state index is 13.4. The fraction of sp³-hybridized carbons (Fsp3) is 0.190. The minimum atomic E-state index is -3.96. The van der Waals surface area contributed by atoms with Gasteiger partial charge >= 0.3 is 0 Å². The molecule has 31 heavy (non-hydrogen) atoms. The molecule has 0 saturated carbocycles. The van der Waals surface area contributed by atoms with Crippen molar-refractivity contribution in [1.29, 1.82) is 0 Å². The fourth-order valence-electron chi connectivity index (χ4n) is 2.67. The van der Waals surface area contributed by atoms with E-state index in [0.717, 1.165) is 15.4 Å². The minimum absolute atomic E-state index is 0.117. The van der Waals surface area contributed by atoms with E-state index in [2.05, 4.69) is 22.1 Å². The number of sulfonamides is 1. The number of anilines is 2. The van der Waals surface area contributed by atoms with Crippen molar-refractivity contribution in [3.05, 3.63) is 72.3 Å². The van der Waals surface area contributed by atoms with Gasteiger partial charge in [-0.25, -0.2) is 8.42 Å². The van der Waals surface area contributed by atoms with Crippen LogP contribution in [0, 0.1) is 13.8 Å². The molecule has 1 aromatic heterocycles. The van der Waals surface area contributed by atoms with Gasteiger partial charge in [0, 0.05) is 5.75 Å². The first kappa shape index (κ1) is 23.0. The third-order valence-corrected chi connectivity index (χ3v) is 7.92. The second-order valence-corrected chi connectivity index (χ2v) is 10.8. The summed E-state index contributed by atoms with van der Waals surface area (Å²) in [6.45, 7) is 7.01.